The first-order chi connectivity index (χ1) is 9.65. The summed E-state index contributed by atoms with van der Waals surface area (Å²) in [5.41, 5.74) is 0.868. The van der Waals surface area contributed by atoms with Crippen LogP contribution < -0.4 is 15.6 Å². The number of hydrogen-bond acceptors (Lipinski definition) is 4. The van der Waals surface area contributed by atoms with Crippen LogP contribution in [0, 0.1) is 0 Å². The maximum atomic E-state index is 11.7. The molecule has 104 valence electrons. The summed E-state index contributed by atoms with van der Waals surface area (Å²) >= 11 is 0. The van der Waals surface area contributed by atoms with Crippen LogP contribution in [0.15, 0.2) is 53.5 Å². The largest absolute Gasteiger partial charge is 0.425 e. The van der Waals surface area contributed by atoms with Gasteiger partial charge in [-0.05, 0) is 18.2 Å². The number of benzene rings is 1. The number of ether oxygens (including phenoxy) is 1. The standard InChI is InChI=1S/C15H16N2O3/c1-12(18)20-14-7-8-15(19)17(11-14)10-9-16-13-5-3-2-4-6-13/h2-8,11,16H,9-10H2,1H3. The Balaban J connectivity index is 1.98. The third-order valence-electron chi connectivity index (χ3n) is 2.67. The van der Waals surface area contributed by atoms with Crippen molar-refractivity contribution in [3.05, 3.63) is 59.0 Å². The van der Waals surface area contributed by atoms with Crippen molar-refractivity contribution in [3.8, 4) is 5.75 Å². The number of anilines is 1. The molecule has 0 radical (unpaired) electrons. The summed E-state index contributed by atoms with van der Waals surface area (Å²) in [5.74, 6) is -0.0329. The van der Waals surface area contributed by atoms with E-state index < -0.39 is 5.97 Å². The Hall–Kier alpha value is -2.56. The summed E-state index contributed by atoms with van der Waals surface area (Å²) in [4.78, 5) is 22.6. The van der Waals surface area contributed by atoms with Crippen LogP contribution in [0.1, 0.15) is 6.92 Å². The minimum Gasteiger partial charge on any atom is -0.425 e. The minimum absolute atomic E-state index is 0.129. The van der Waals surface area contributed by atoms with Crippen molar-refractivity contribution in [2.45, 2.75) is 13.5 Å². The van der Waals surface area contributed by atoms with Crippen molar-refractivity contribution >= 4 is 11.7 Å². The van der Waals surface area contributed by atoms with Crippen LogP contribution in [0.25, 0.3) is 0 Å². The molecule has 5 heteroatoms. The molecule has 0 spiro atoms. The fraction of sp³-hybridized carbons (Fsp3) is 0.200. The molecule has 0 aliphatic heterocycles. The molecule has 1 heterocycles. The zero-order valence-electron chi connectivity index (χ0n) is 11.2. The van der Waals surface area contributed by atoms with E-state index in [1.807, 2.05) is 30.3 Å². The Bertz CT molecular complexity index is 635. The summed E-state index contributed by atoms with van der Waals surface area (Å²) in [7, 11) is 0. The van der Waals surface area contributed by atoms with Gasteiger partial charge in [0, 0.05) is 31.8 Å². The number of esters is 1. The minimum atomic E-state index is -0.405. The molecule has 0 atom stereocenters. The molecule has 1 aromatic carbocycles. The van der Waals surface area contributed by atoms with E-state index in [0.29, 0.717) is 18.8 Å². The molecule has 2 aromatic rings. The molecule has 0 unspecified atom stereocenters. The summed E-state index contributed by atoms with van der Waals surface area (Å²) in [5, 5.41) is 3.21. The maximum Gasteiger partial charge on any atom is 0.308 e. The van der Waals surface area contributed by atoms with Gasteiger partial charge in [-0.15, -0.1) is 0 Å². The quantitative estimate of drug-likeness (QED) is 0.844. The van der Waals surface area contributed by atoms with Crippen LogP contribution >= 0.6 is 0 Å². The lowest BCUT2D eigenvalue weighted by molar-refractivity contribution is -0.131. The lowest BCUT2D eigenvalue weighted by Gasteiger charge is -2.09. The Morgan fingerprint density at radius 1 is 1.20 bits per heavy atom. The highest BCUT2D eigenvalue weighted by molar-refractivity contribution is 5.69. The van der Waals surface area contributed by atoms with Crippen molar-refractivity contribution < 1.29 is 9.53 Å². The number of carbonyl (C=O) groups is 1. The van der Waals surface area contributed by atoms with Gasteiger partial charge in [0.25, 0.3) is 5.56 Å². The first-order valence-electron chi connectivity index (χ1n) is 6.33. The topological polar surface area (TPSA) is 60.3 Å². The third kappa shape index (κ3) is 3.98. The highest BCUT2D eigenvalue weighted by atomic mass is 16.5. The Morgan fingerprint density at radius 2 is 1.95 bits per heavy atom. The van der Waals surface area contributed by atoms with Gasteiger partial charge in [-0.3, -0.25) is 9.59 Å². The summed E-state index contributed by atoms with van der Waals surface area (Å²) in [6.07, 6.45) is 1.54. The van der Waals surface area contributed by atoms with Crippen molar-refractivity contribution in [1.29, 1.82) is 0 Å². The zero-order chi connectivity index (χ0) is 14.4. The summed E-state index contributed by atoms with van der Waals surface area (Å²) in [6, 6.07) is 12.6. The molecule has 1 N–H and O–H groups in total. The molecular formula is C15H16N2O3. The van der Waals surface area contributed by atoms with E-state index >= 15 is 0 Å². The van der Waals surface area contributed by atoms with Crippen molar-refractivity contribution in [1.82, 2.24) is 4.57 Å². The second-order valence-corrected chi connectivity index (χ2v) is 4.28. The number of rotatable bonds is 5. The molecule has 0 fully saturated rings. The fourth-order valence-electron chi connectivity index (χ4n) is 1.79. The Kier molecular flexibility index (Phi) is 4.55. The van der Waals surface area contributed by atoms with Crippen molar-refractivity contribution in [3.63, 3.8) is 0 Å². The van der Waals surface area contributed by atoms with E-state index in [1.54, 1.807) is 0 Å². The predicted molar refractivity (Wildman–Crippen MR) is 76.9 cm³/mol. The SMILES string of the molecule is CC(=O)Oc1ccc(=O)n(CCNc2ccccc2)c1. The molecule has 0 amide bonds. The smallest absolute Gasteiger partial charge is 0.308 e. The van der Waals surface area contributed by atoms with E-state index in [1.165, 1.54) is 29.8 Å². The number of nitrogens with one attached hydrogen (secondary N) is 1. The lowest BCUT2D eigenvalue weighted by Crippen LogP contribution is -2.22. The summed E-state index contributed by atoms with van der Waals surface area (Å²) < 4.78 is 6.46. The average Bonchev–Trinajstić information content (AvgIpc) is 2.43. The molecule has 20 heavy (non-hydrogen) atoms. The van der Waals surface area contributed by atoms with Crippen molar-refractivity contribution in [2.75, 3.05) is 11.9 Å². The highest BCUT2D eigenvalue weighted by Crippen LogP contribution is 2.07. The van der Waals surface area contributed by atoms with Gasteiger partial charge in [-0.2, -0.15) is 0 Å². The Labute approximate surface area is 116 Å². The van der Waals surface area contributed by atoms with Gasteiger partial charge >= 0.3 is 5.97 Å². The number of hydrogen-bond donors (Lipinski definition) is 1. The first kappa shape index (κ1) is 13.9. The number of carbonyl (C=O) groups excluding carboxylic acids is 1. The molecule has 0 aliphatic carbocycles. The normalized spacial score (nSPS) is 10.1. The highest BCUT2D eigenvalue weighted by Gasteiger charge is 2.02. The van der Waals surface area contributed by atoms with Gasteiger partial charge in [-0.25, -0.2) is 0 Å². The third-order valence-corrected chi connectivity index (χ3v) is 2.67. The zero-order valence-corrected chi connectivity index (χ0v) is 11.2. The number of aromatic nitrogens is 1. The number of pyridine rings is 1. The molecule has 0 saturated heterocycles. The van der Waals surface area contributed by atoms with Gasteiger partial charge in [0.2, 0.25) is 0 Å². The van der Waals surface area contributed by atoms with Crippen molar-refractivity contribution in [2.24, 2.45) is 0 Å². The van der Waals surface area contributed by atoms with E-state index in [4.69, 9.17) is 4.74 Å². The van der Waals surface area contributed by atoms with Gasteiger partial charge in [0.1, 0.15) is 5.75 Å². The van der Waals surface area contributed by atoms with E-state index in [9.17, 15) is 9.59 Å². The summed E-state index contributed by atoms with van der Waals surface area (Å²) in [6.45, 7) is 2.42. The number of nitrogens with zero attached hydrogens (tertiary/aromatic N) is 1. The molecular weight excluding hydrogens is 256 g/mol. The van der Waals surface area contributed by atoms with Crippen LogP contribution in [-0.4, -0.2) is 17.1 Å². The fourth-order valence-corrected chi connectivity index (χ4v) is 1.79. The molecule has 0 saturated carbocycles. The van der Waals surface area contributed by atoms with E-state index in [2.05, 4.69) is 5.32 Å². The second kappa shape index (κ2) is 6.56. The van der Waals surface area contributed by atoms with Gasteiger partial charge in [0.15, 0.2) is 0 Å². The van der Waals surface area contributed by atoms with Crippen LogP contribution in [0.3, 0.4) is 0 Å². The lowest BCUT2D eigenvalue weighted by atomic mass is 10.3. The maximum absolute atomic E-state index is 11.7. The first-order valence-corrected chi connectivity index (χ1v) is 6.33. The number of para-hydroxylation sites is 1. The van der Waals surface area contributed by atoms with E-state index in [0.717, 1.165) is 5.69 Å². The van der Waals surface area contributed by atoms with Gasteiger partial charge < -0.3 is 14.6 Å². The molecule has 0 aliphatic rings. The monoisotopic (exact) mass is 272 g/mol. The van der Waals surface area contributed by atoms with Gasteiger partial charge in [0.05, 0.1) is 6.20 Å². The average molecular weight is 272 g/mol. The molecule has 0 bridgehead atoms. The van der Waals surface area contributed by atoms with E-state index in [-0.39, 0.29) is 5.56 Å². The Morgan fingerprint density at radius 3 is 2.65 bits per heavy atom. The van der Waals surface area contributed by atoms with Crippen LogP contribution in [-0.2, 0) is 11.3 Å². The molecule has 1 aromatic heterocycles. The predicted octanol–water partition coefficient (Wildman–Crippen LogP) is 1.89. The van der Waals surface area contributed by atoms with Gasteiger partial charge in [-0.1, -0.05) is 18.2 Å². The van der Waals surface area contributed by atoms with Crippen LogP contribution in [0.4, 0.5) is 5.69 Å². The molecule has 5 nitrogen and oxygen atoms in total. The van der Waals surface area contributed by atoms with Crippen LogP contribution in [0.5, 0.6) is 5.75 Å². The van der Waals surface area contributed by atoms with Crippen LogP contribution in [0.2, 0.25) is 0 Å². The molecule has 2 rings (SSSR count). The second-order valence-electron chi connectivity index (χ2n) is 4.28.